The molecule has 5 N–H and O–H groups in total. The van der Waals surface area contributed by atoms with Crippen LogP contribution < -0.4 is 16.9 Å². The summed E-state index contributed by atoms with van der Waals surface area (Å²) >= 11 is 2.69. The van der Waals surface area contributed by atoms with Gasteiger partial charge in [-0.25, -0.2) is 4.98 Å². The zero-order valence-corrected chi connectivity index (χ0v) is 17.0. The molecule has 142 valence electrons. The Kier molecular flexibility index (Phi) is 6.03. The molecule has 2 aromatic carbocycles. The zero-order chi connectivity index (χ0) is 19.4. The van der Waals surface area contributed by atoms with Crippen LogP contribution in [0.3, 0.4) is 0 Å². The first-order valence-corrected chi connectivity index (χ1v) is 9.87. The molecule has 0 spiro atoms. The molecule has 1 aromatic heterocycles. The first kappa shape index (κ1) is 19.7. The van der Waals surface area contributed by atoms with Gasteiger partial charge in [-0.3, -0.25) is 0 Å². The Morgan fingerprint density at radius 2 is 1.74 bits per heavy atom. The van der Waals surface area contributed by atoms with Gasteiger partial charge in [-0.05, 0) is 57.2 Å². The highest BCUT2D eigenvalue weighted by Crippen LogP contribution is 2.38. The number of hydroxylamine groups is 1. The van der Waals surface area contributed by atoms with Gasteiger partial charge in [0.1, 0.15) is 5.01 Å². The lowest BCUT2D eigenvalue weighted by molar-refractivity contribution is -0.262. The van der Waals surface area contributed by atoms with E-state index in [0.29, 0.717) is 5.69 Å². The van der Waals surface area contributed by atoms with E-state index < -0.39 is 0 Å². The number of nitrogens with zero attached hydrogens (tertiary/aromatic N) is 1. The Morgan fingerprint density at radius 1 is 1.04 bits per heavy atom. The molecule has 3 aromatic rings. The summed E-state index contributed by atoms with van der Waals surface area (Å²) in [5.74, 6) is 0. The summed E-state index contributed by atoms with van der Waals surface area (Å²) in [5, 5.41) is 0.921. The summed E-state index contributed by atoms with van der Waals surface area (Å²) in [6.45, 7) is 5.93. The smallest absolute Gasteiger partial charge is 0.123 e. The Hall–Kier alpha value is -2.10. The number of nitrogen functional groups attached to an aromatic ring is 2. The van der Waals surface area contributed by atoms with Crippen molar-refractivity contribution in [3.05, 3.63) is 48.7 Å². The second kappa shape index (κ2) is 8.28. The Labute approximate surface area is 167 Å². The number of hydrogen-bond acceptors (Lipinski definition) is 8. The average Bonchev–Trinajstić information content (AvgIpc) is 3.08. The number of aromatic nitrogens is 1. The van der Waals surface area contributed by atoms with Gasteiger partial charge in [0.15, 0.2) is 0 Å². The maximum Gasteiger partial charge on any atom is 0.123 e. The van der Waals surface area contributed by atoms with Gasteiger partial charge >= 0.3 is 0 Å². The van der Waals surface area contributed by atoms with Crippen LogP contribution >= 0.6 is 23.4 Å². The van der Waals surface area contributed by atoms with Gasteiger partial charge in [-0.2, -0.15) is 5.48 Å². The summed E-state index contributed by atoms with van der Waals surface area (Å²) in [7, 11) is 0. The van der Waals surface area contributed by atoms with Crippen LogP contribution in [-0.2, 0) is 9.32 Å². The van der Waals surface area contributed by atoms with Gasteiger partial charge in [-0.1, -0.05) is 6.07 Å². The van der Waals surface area contributed by atoms with Crippen molar-refractivity contribution >= 4 is 34.8 Å². The highest BCUT2D eigenvalue weighted by atomic mass is 32.2. The number of nitrogens with two attached hydrogens (primary N) is 2. The molecular weight excluding hydrogens is 380 g/mol. The third kappa shape index (κ3) is 5.44. The molecule has 0 amide bonds. The molecule has 0 fully saturated rings. The molecule has 0 aliphatic carbocycles. The van der Waals surface area contributed by atoms with E-state index in [1.165, 1.54) is 0 Å². The van der Waals surface area contributed by atoms with E-state index in [9.17, 15) is 0 Å². The van der Waals surface area contributed by atoms with Crippen molar-refractivity contribution < 1.29 is 9.32 Å². The minimum atomic E-state index is -0.218. The molecular formula is C19H22N4O2S2. The summed E-state index contributed by atoms with van der Waals surface area (Å²) in [4.78, 5) is 11.5. The van der Waals surface area contributed by atoms with E-state index in [2.05, 4.69) is 10.5 Å². The highest BCUT2D eigenvalue weighted by Gasteiger charge is 2.14. The minimum Gasteiger partial charge on any atom is -0.399 e. The summed E-state index contributed by atoms with van der Waals surface area (Å²) in [5.41, 5.74) is 17.7. The Balaban J connectivity index is 1.79. The van der Waals surface area contributed by atoms with E-state index in [0.717, 1.165) is 43.6 Å². The Bertz CT molecular complexity index is 905. The largest absolute Gasteiger partial charge is 0.399 e. The molecule has 0 aliphatic heterocycles. The molecule has 0 unspecified atom stereocenters. The number of hydrogen-bond donors (Lipinski definition) is 3. The number of benzene rings is 2. The maximum atomic E-state index is 5.94. The van der Waals surface area contributed by atoms with Gasteiger partial charge in [0.2, 0.25) is 0 Å². The first-order chi connectivity index (χ1) is 12.8. The van der Waals surface area contributed by atoms with Crippen molar-refractivity contribution in [2.45, 2.75) is 31.2 Å². The fourth-order valence-corrected chi connectivity index (χ4v) is 3.78. The lowest BCUT2D eigenvalue weighted by Gasteiger charge is -2.18. The van der Waals surface area contributed by atoms with Gasteiger partial charge in [0.05, 0.1) is 16.9 Å². The average molecular weight is 403 g/mol. The monoisotopic (exact) mass is 402 g/mol. The number of rotatable bonds is 6. The first-order valence-electron chi connectivity index (χ1n) is 8.31. The van der Waals surface area contributed by atoms with Crippen molar-refractivity contribution in [3.8, 4) is 21.0 Å². The zero-order valence-electron chi connectivity index (χ0n) is 15.4. The van der Waals surface area contributed by atoms with Gasteiger partial charge in [0.25, 0.3) is 0 Å². The highest BCUT2D eigenvalue weighted by molar-refractivity contribution is 7.94. The van der Waals surface area contributed by atoms with E-state index in [1.54, 1.807) is 11.3 Å². The number of thiazole rings is 1. The van der Waals surface area contributed by atoms with Crippen LogP contribution in [0.2, 0.25) is 0 Å². The van der Waals surface area contributed by atoms with Crippen LogP contribution in [0.15, 0.2) is 53.6 Å². The van der Waals surface area contributed by atoms with Crippen LogP contribution in [0.5, 0.6) is 0 Å². The predicted octanol–water partition coefficient (Wildman–Crippen LogP) is 4.90. The third-order valence-corrected chi connectivity index (χ3v) is 5.17. The molecule has 0 saturated heterocycles. The summed E-state index contributed by atoms with van der Waals surface area (Å²) in [6, 6.07) is 13.3. The molecule has 0 bridgehead atoms. The maximum absolute atomic E-state index is 5.94. The summed E-state index contributed by atoms with van der Waals surface area (Å²) < 4.78 is 5.24. The lowest BCUT2D eigenvalue weighted by atomic mass is 10.1. The van der Waals surface area contributed by atoms with E-state index in [-0.39, 0.29) is 5.54 Å². The van der Waals surface area contributed by atoms with Crippen LogP contribution in [0.1, 0.15) is 20.8 Å². The molecule has 0 atom stereocenters. The van der Waals surface area contributed by atoms with E-state index in [1.807, 2.05) is 69.4 Å². The van der Waals surface area contributed by atoms with Crippen LogP contribution in [0.25, 0.3) is 21.0 Å². The molecule has 27 heavy (non-hydrogen) atoms. The second-order valence-electron chi connectivity index (χ2n) is 6.99. The summed E-state index contributed by atoms with van der Waals surface area (Å²) in [6.07, 6.45) is 1.85. The van der Waals surface area contributed by atoms with Gasteiger partial charge in [-0.15, -0.1) is 20.7 Å². The predicted molar refractivity (Wildman–Crippen MR) is 113 cm³/mol. The quantitative estimate of drug-likeness (QED) is 0.177. The standard InChI is InChI=1S/C19H22N4O2S2/c1-19(2,3)23-24-25-27-16-10-14(21)8-9-15(16)17-11-22-18(26-17)12-4-6-13(20)7-5-12/h4-11,23H,20-21H2,1-3H3. The topological polar surface area (TPSA) is 95.4 Å². The van der Waals surface area contributed by atoms with Gasteiger partial charge in [0, 0.05) is 39.1 Å². The van der Waals surface area contributed by atoms with Crippen LogP contribution in [-0.4, -0.2) is 10.5 Å². The molecule has 3 rings (SSSR count). The number of anilines is 2. The molecule has 0 radical (unpaired) electrons. The van der Waals surface area contributed by atoms with Crippen molar-refractivity contribution in [2.75, 3.05) is 11.5 Å². The Morgan fingerprint density at radius 3 is 2.44 bits per heavy atom. The van der Waals surface area contributed by atoms with E-state index >= 15 is 0 Å². The molecule has 6 nitrogen and oxygen atoms in total. The van der Waals surface area contributed by atoms with Crippen LogP contribution in [0, 0.1) is 0 Å². The molecule has 1 heterocycles. The van der Waals surface area contributed by atoms with Crippen LogP contribution in [0.4, 0.5) is 11.4 Å². The lowest BCUT2D eigenvalue weighted by Crippen LogP contribution is -2.35. The number of nitrogens with one attached hydrogen (secondary N) is 1. The normalized spacial score (nSPS) is 11.7. The fraction of sp³-hybridized carbons (Fsp3) is 0.211. The van der Waals surface area contributed by atoms with Crippen molar-refractivity contribution in [1.29, 1.82) is 0 Å². The van der Waals surface area contributed by atoms with E-state index in [4.69, 9.17) is 20.8 Å². The fourth-order valence-electron chi connectivity index (χ4n) is 2.16. The van der Waals surface area contributed by atoms with Gasteiger partial charge < -0.3 is 11.5 Å². The van der Waals surface area contributed by atoms with Crippen molar-refractivity contribution in [2.24, 2.45) is 0 Å². The third-order valence-electron chi connectivity index (χ3n) is 3.44. The molecule has 0 saturated carbocycles. The van der Waals surface area contributed by atoms with Crippen molar-refractivity contribution in [1.82, 2.24) is 10.5 Å². The molecule has 8 heteroatoms. The SMILES string of the molecule is CC(C)(C)NOOSc1cc(N)ccc1-c1cnc(-c2ccc(N)cc2)s1. The minimum absolute atomic E-state index is 0.218. The molecule has 0 aliphatic rings. The second-order valence-corrected chi connectivity index (χ2v) is 8.77. The van der Waals surface area contributed by atoms with Crippen molar-refractivity contribution in [3.63, 3.8) is 0 Å².